The minimum absolute atomic E-state index is 0.238. The summed E-state index contributed by atoms with van der Waals surface area (Å²) in [7, 11) is 0. The van der Waals surface area contributed by atoms with Crippen molar-refractivity contribution in [1.29, 1.82) is 0 Å². The van der Waals surface area contributed by atoms with Crippen LogP contribution in [0.5, 0.6) is 0 Å². The molecule has 19 heavy (non-hydrogen) atoms. The van der Waals surface area contributed by atoms with Gasteiger partial charge in [0.15, 0.2) is 5.82 Å². The number of aromatic nitrogens is 1. The summed E-state index contributed by atoms with van der Waals surface area (Å²) in [6.07, 6.45) is 1.42. The van der Waals surface area contributed by atoms with Crippen molar-refractivity contribution in [2.45, 2.75) is 6.54 Å². The third-order valence-corrected chi connectivity index (χ3v) is 4.56. The molecule has 0 aromatic carbocycles. The molecule has 2 heterocycles. The number of carbonyl (C=O) groups is 1. The molecule has 2 aromatic heterocycles. The molecule has 0 atom stereocenters. The highest BCUT2D eigenvalue weighted by molar-refractivity contribution is 9.10. The third-order valence-electron chi connectivity index (χ3n) is 2.34. The van der Waals surface area contributed by atoms with Gasteiger partial charge in [0.25, 0.3) is 5.91 Å². The maximum absolute atomic E-state index is 11.9. The molecule has 1 amide bonds. The first-order valence-corrected chi connectivity index (χ1v) is 7.29. The summed E-state index contributed by atoms with van der Waals surface area (Å²) in [4.78, 5) is 16.9. The average molecular weight is 362 g/mol. The zero-order valence-corrected chi connectivity index (χ0v) is 12.8. The van der Waals surface area contributed by atoms with E-state index in [-0.39, 0.29) is 5.91 Å². The zero-order chi connectivity index (χ0) is 13.8. The molecule has 0 saturated carbocycles. The number of nitrogen functional groups attached to an aromatic ring is 1. The second-order valence-corrected chi connectivity index (χ2v) is 5.84. The normalized spacial score (nSPS) is 10.3. The minimum atomic E-state index is -0.238. The van der Waals surface area contributed by atoms with Gasteiger partial charge < -0.3 is 10.7 Å². The minimum Gasteiger partial charge on any atom is -0.347 e. The number of carbonyl (C=O) groups excluding carboxylic acids is 1. The van der Waals surface area contributed by atoms with E-state index in [1.807, 2.05) is 11.4 Å². The number of anilines is 1. The van der Waals surface area contributed by atoms with E-state index < -0.39 is 0 Å². The molecule has 0 radical (unpaired) electrons. The Morgan fingerprint density at radius 1 is 1.58 bits per heavy atom. The molecule has 0 saturated heterocycles. The van der Waals surface area contributed by atoms with Crippen molar-refractivity contribution in [1.82, 2.24) is 10.3 Å². The number of rotatable bonds is 4. The van der Waals surface area contributed by atoms with Gasteiger partial charge >= 0.3 is 0 Å². The Bertz CT molecular complexity index is 604. The molecule has 4 N–H and O–H groups in total. The van der Waals surface area contributed by atoms with Crippen LogP contribution in [0.1, 0.15) is 15.2 Å². The van der Waals surface area contributed by atoms with Crippen LogP contribution in [-0.2, 0) is 6.54 Å². The third kappa shape index (κ3) is 3.44. The molecule has 5 nitrogen and oxygen atoms in total. The van der Waals surface area contributed by atoms with E-state index in [9.17, 15) is 4.79 Å². The van der Waals surface area contributed by atoms with Crippen LogP contribution in [0.2, 0.25) is 5.02 Å². The molecule has 0 bridgehead atoms. The Balaban J connectivity index is 2.04. The van der Waals surface area contributed by atoms with Gasteiger partial charge in [0.05, 0.1) is 17.1 Å². The van der Waals surface area contributed by atoms with E-state index >= 15 is 0 Å². The largest absolute Gasteiger partial charge is 0.347 e. The molecule has 2 aromatic rings. The zero-order valence-electron chi connectivity index (χ0n) is 9.61. The van der Waals surface area contributed by atoms with Crippen molar-refractivity contribution in [2.24, 2.45) is 5.84 Å². The number of hydrogen-bond donors (Lipinski definition) is 3. The molecule has 0 aliphatic heterocycles. The smallest absolute Gasteiger partial charge is 0.253 e. The van der Waals surface area contributed by atoms with Crippen LogP contribution < -0.4 is 16.6 Å². The summed E-state index contributed by atoms with van der Waals surface area (Å²) >= 11 is 10.9. The molecule has 0 aliphatic carbocycles. The van der Waals surface area contributed by atoms with Crippen molar-refractivity contribution >= 4 is 50.6 Å². The van der Waals surface area contributed by atoms with Crippen molar-refractivity contribution in [3.8, 4) is 0 Å². The summed E-state index contributed by atoms with van der Waals surface area (Å²) in [6, 6.07) is 3.45. The number of pyridine rings is 1. The highest BCUT2D eigenvalue weighted by Gasteiger charge is 2.10. The molecule has 0 fully saturated rings. The molecule has 0 spiro atoms. The Hall–Kier alpha value is -1.15. The number of amides is 1. The highest BCUT2D eigenvalue weighted by atomic mass is 79.9. The molecular weight excluding hydrogens is 352 g/mol. The fraction of sp³-hybridized carbons (Fsp3) is 0.0909. The Kier molecular flexibility index (Phi) is 4.76. The van der Waals surface area contributed by atoms with E-state index in [4.69, 9.17) is 17.4 Å². The van der Waals surface area contributed by atoms with Gasteiger partial charge in [-0.25, -0.2) is 10.8 Å². The van der Waals surface area contributed by atoms with Crippen molar-refractivity contribution in [2.75, 3.05) is 5.43 Å². The van der Waals surface area contributed by atoms with Gasteiger partial charge in [-0.1, -0.05) is 11.6 Å². The molecule has 2 rings (SSSR count). The number of nitrogens with two attached hydrogens (primary N) is 1. The lowest BCUT2D eigenvalue weighted by molar-refractivity contribution is 0.0951. The number of hydrazine groups is 1. The Labute approximate surface area is 127 Å². The first-order chi connectivity index (χ1) is 9.11. The van der Waals surface area contributed by atoms with Gasteiger partial charge in [0.1, 0.15) is 0 Å². The first kappa shape index (κ1) is 14.3. The summed E-state index contributed by atoms with van der Waals surface area (Å²) in [5.74, 6) is 5.31. The predicted octanol–water partition coefficient (Wildman–Crippen LogP) is 2.77. The van der Waals surface area contributed by atoms with Crippen LogP contribution in [0, 0.1) is 0 Å². The summed E-state index contributed by atoms with van der Waals surface area (Å²) in [5.41, 5.74) is 2.73. The van der Waals surface area contributed by atoms with E-state index in [0.29, 0.717) is 22.9 Å². The number of hydrogen-bond acceptors (Lipinski definition) is 5. The second kappa shape index (κ2) is 6.33. The average Bonchev–Trinajstić information content (AvgIpc) is 2.81. The predicted molar refractivity (Wildman–Crippen MR) is 80.2 cm³/mol. The fourth-order valence-electron chi connectivity index (χ4n) is 1.38. The van der Waals surface area contributed by atoms with Crippen LogP contribution in [0.3, 0.4) is 0 Å². The van der Waals surface area contributed by atoms with Gasteiger partial charge in [-0.15, -0.1) is 11.3 Å². The molecule has 100 valence electrons. The lowest BCUT2D eigenvalue weighted by Crippen LogP contribution is -2.23. The lowest BCUT2D eigenvalue weighted by atomic mass is 10.2. The lowest BCUT2D eigenvalue weighted by Gasteiger charge is -2.06. The van der Waals surface area contributed by atoms with Crippen molar-refractivity contribution in [3.05, 3.63) is 43.6 Å². The van der Waals surface area contributed by atoms with Crippen LogP contribution in [0.15, 0.2) is 28.2 Å². The van der Waals surface area contributed by atoms with E-state index in [1.165, 1.54) is 12.3 Å². The molecule has 0 aliphatic rings. The topological polar surface area (TPSA) is 80.0 Å². The molecule has 0 unspecified atom stereocenters. The summed E-state index contributed by atoms with van der Waals surface area (Å²) in [6.45, 7) is 0.450. The van der Waals surface area contributed by atoms with Crippen LogP contribution in [-0.4, -0.2) is 10.9 Å². The van der Waals surface area contributed by atoms with Crippen molar-refractivity contribution in [3.63, 3.8) is 0 Å². The quantitative estimate of drug-likeness (QED) is 0.578. The second-order valence-electron chi connectivity index (χ2n) is 3.57. The fourth-order valence-corrected chi connectivity index (χ4v) is 3.04. The summed E-state index contributed by atoms with van der Waals surface area (Å²) < 4.78 is 0.983. The van der Waals surface area contributed by atoms with Gasteiger partial charge in [-0.2, -0.15) is 0 Å². The Morgan fingerprint density at radius 2 is 2.37 bits per heavy atom. The number of nitrogens with zero attached hydrogens (tertiary/aromatic N) is 1. The maximum atomic E-state index is 11.9. The maximum Gasteiger partial charge on any atom is 0.253 e. The van der Waals surface area contributed by atoms with Crippen LogP contribution >= 0.6 is 38.9 Å². The highest BCUT2D eigenvalue weighted by Crippen LogP contribution is 2.22. The number of thiophene rings is 1. The van der Waals surface area contributed by atoms with E-state index in [1.54, 1.807) is 11.3 Å². The van der Waals surface area contributed by atoms with Gasteiger partial charge in [0, 0.05) is 15.5 Å². The first-order valence-electron chi connectivity index (χ1n) is 5.24. The Morgan fingerprint density at radius 3 is 2.95 bits per heavy atom. The standard InChI is InChI=1S/C11H10BrClN4OS/c12-7-1-2-19-9(7)5-16-11(18)6-3-8(13)10(17-14)15-4-6/h1-4H,5,14H2,(H,15,17)(H,16,18). The van der Waals surface area contributed by atoms with Crippen LogP contribution in [0.4, 0.5) is 5.82 Å². The monoisotopic (exact) mass is 360 g/mol. The van der Waals surface area contributed by atoms with E-state index in [2.05, 4.69) is 31.7 Å². The van der Waals surface area contributed by atoms with Crippen LogP contribution in [0.25, 0.3) is 0 Å². The van der Waals surface area contributed by atoms with Gasteiger partial charge in [0.2, 0.25) is 0 Å². The summed E-state index contributed by atoms with van der Waals surface area (Å²) in [5, 5.41) is 5.05. The van der Waals surface area contributed by atoms with Gasteiger partial charge in [-0.3, -0.25) is 4.79 Å². The van der Waals surface area contributed by atoms with Crippen molar-refractivity contribution < 1.29 is 4.79 Å². The van der Waals surface area contributed by atoms with Gasteiger partial charge in [-0.05, 0) is 33.4 Å². The number of halogens is 2. The molecule has 8 heteroatoms. The van der Waals surface area contributed by atoms with E-state index in [0.717, 1.165) is 9.35 Å². The molecular formula is C11H10BrClN4OS. The SMILES string of the molecule is NNc1ncc(C(=O)NCc2sccc2Br)cc1Cl. The number of nitrogens with one attached hydrogen (secondary N) is 2.